The summed E-state index contributed by atoms with van der Waals surface area (Å²) in [6.07, 6.45) is 0. The summed E-state index contributed by atoms with van der Waals surface area (Å²) >= 11 is 17.8. The predicted molar refractivity (Wildman–Crippen MR) is 83.5 cm³/mol. The molecule has 1 heterocycles. The van der Waals surface area contributed by atoms with Crippen LogP contribution in [0.3, 0.4) is 0 Å². The minimum absolute atomic E-state index is 0.0125. The number of rotatable bonds is 4. The molecule has 0 bridgehead atoms. The highest BCUT2D eigenvalue weighted by Crippen LogP contribution is 2.34. The molecule has 0 saturated carbocycles. The van der Waals surface area contributed by atoms with Crippen LogP contribution in [0, 0.1) is 0 Å². The van der Waals surface area contributed by atoms with E-state index in [9.17, 15) is 0 Å². The lowest BCUT2D eigenvalue weighted by Crippen LogP contribution is -2.19. The molecule has 20 heavy (non-hydrogen) atoms. The average Bonchev–Trinajstić information content (AvgIpc) is 2.42. The van der Waals surface area contributed by atoms with Gasteiger partial charge in [0.25, 0.3) is 0 Å². The van der Waals surface area contributed by atoms with Gasteiger partial charge in [0, 0.05) is 17.5 Å². The molecule has 0 saturated heterocycles. The molecule has 0 aliphatic rings. The molecule has 1 aromatic heterocycles. The van der Waals surface area contributed by atoms with Crippen LogP contribution in [-0.4, -0.2) is 27.1 Å². The first-order valence-corrected chi connectivity index (χ1v) is 7.09. The average molecular weight is 333 g/mol. The van der Waals surface area contributed by atoms with Crippen LogP contribution in [0.4, 0.5) is 11.8 Å². The molecule has 2 rings (SSSR count). The normalized spacial score (nSPS) is 12.2. The van der Waals surface area contributed by atoms with Crippen LogP contribution < -0.4 is 11.1 Å². The predicted octanol–water partition coefficient (Wildman–Crippen LogP) is 3.47. The van der Waals surface area contributed by atoms with Gasteiger partial charge in [0.05, 0.1) is 10.0 Å². The number of nitrogens with two attached hydrogens (primary N) is 1. The fraction of sp³-hybridized carbons (Fsp3) is 0.250. The molecular weight excluding hydrogens is 321 g/mol. The van der Waals surface area contributed by atoms with Crippen molar-refractivity contribution in [2.75, 3.05) is 16.9 Å². The van der Waals surface area contributed by atoms with Crippen LogP contribution >= 0.6 is 34.8 Å². The molecule has 0 radical (unpaired) electrons. The first-order chi connectivity index (χ1) is 9.52. The first-order valence-electron chi connectivity index (χ1n) is 5.80. The zero-order chi connectivity index (χ0) is 14.7. The minimum Gasteiger partial charge on any atom is -0.382 e. The van der Waals surface area contributed by atoms with Crippen LogP contribution in [-0.2, 0) is 0 Å². The molecule has 8 heteroatoms. The highest BCUT2D eigenvalue weighted by atomic mass is 35.5. The summed E-state index contributed by atoms with van der Waals surface area (Å²) < 4.78 is 0. The summed E-state index contributed by atoms with van der Waals surface area (Å²) in [4.78, 5) is 4.14. The van der Waals surface area contributed by atoms with E-state index in [1.54, 1.807) is 18.2 Å². The van der Waals surface area contributed by atoms with E-state index in [1.165, 1.54) is 0 Å². The Bertz CT molecular complexity index is 620. The Kier molecular flexibility index (Phi) is 4.86. The molecule has 0 aliphatic carbocycles. The van der Waals surface area contributed by atoms with Crippen molar-refractivity contribution in [3.63, 3.8) is 0 Å². The van der Waals surface area contributed by atoms with Gasteiger partial charge < -0.3 is 11.1 Å². The largest absolute Gasteiger partial charge is 0.382 e. The lowest BCUT2D eigenvalue weighted by molar-refractivity contribution is 0.860. The maximum absolute atomic E-state index is 6.13. The Labute approximate surface area is 131 Å². The summed E-state index contributed by atoms with van der Waals surface area (Å²) in [5.74, 6) is 0.955. The Morgan fingerprint density at radius 1 is 1.30 bits per heavy atom. The molecule has 106 valence electrons. The van der Waals surface area contributed by atoms with Crippen molar-refractivity contribution in [1.29, 1.82) is 0 Å². The SMILES string of the molecule is CC(CCl)Nc1nnc(-c2cccc(Cl)c2Cl)c(N)n1. The Morgan fingerprint density at radius 2 is 2.05 bits per heavy atom. The maximum atomic E-state index is 6.13. The van der Waals surface area contributed by atoms with Gasteiger partial charge in [-0.25, -0.2) is 0 Å². The summed E-state index contributed by atoms with van der Waals surface area (Å²) in [6.45, 7) is 1.90. The lowest BCUT2D eigenvalue weighted by Gasteiger charge is -2.11. The van der Waals surface area contributed by atoms with Gasteiger partial charge >= 0.3 is 0 Å². The summed E-state index contributed by atoms with van der Waals surface area (Å²) in [6, 6.07) is 5.21. The minimum atomic E-state index is 0.0125. The molecule has 0 amide bonds. The topological polar surface area (TPSA) is 76.7 Å². The van der Waals surface area contributed by atoms with Crippen LogP contribution in [0.2, 0.25) is 10.0 Å². The highest BCUT2D eigenvalue weighted by Gasteiger charge is 2.14. The van der Waals surface area contributed by atoms with Crippen LogP contribution in [0.1, 0.15) is 6.92 Å². The van der Waals surface area contributed by atoms with Crippen molar-refractivity contribution in [3.05, 3.63) is 28.2 Å². The third-order valence-corrected chi connectivity index (χ3v) is 3.81. The van der Waals surface area contributed by atoms with Gasteiger partial charge in [-0.05, 0) is 13.0 Å². The number of halogens is 3. The lowest BCUT2D eigenvalue weighted by atomic mass is 10.1. The van der Waals surface area contributed by atoms with Gasteiger partial charge in [-0.15, -0.1) is 21.8 Å². The number of hydrogen-bond acceptors (Lipinski definition) is 5. The van der Waals surface area contributed by atoms with Crippen molar-refractivity contribution in [1.82, 2.24) is 15.2 Å². The Morgan fingerprint density at radius 3 is 2.70 bits per heavy atom. The van der Waals surface area contributed by atoms with Crippen molar-refractivity contribution < 1.29 is 0 Å². The quantitative estimate of drug-likeness (QED) is 0.838. The van der Waals surface area contributed by atoms with Gasteiger partial charge in [0.15, 0.2) is 5.82 Å². The zero-order valence-electron chi connectivity index (χ0n) is 10.6. The summed E-state index contributed by atoms with van der Waals surface area (Å²) in [7, 11) is 0. The van der Waals surface area contributed by atoms with E-state index in [1.807, 2.05) is 6.92 Å². The number of nitrogens with zero attached hydrogens (tertiary/aromatic N) is 3. The van der Waals surface area contributed by atoms with Crippen molar-refractivity contribution in [3.8, 4) is 11.3 Å². The monoisotopic (exact) mass is 331 g/mol. The van der Waals surface area contributed by atoms with Gasteiger partial charge in [0.2, 0.25) is 5.95 Å². The van der Waals surface area contributed by atoms with Crippen molar-refractivity contribution in [2.24, 2.45) is 0 Å². The second-order valence-electron chi connectivity index (χ2n) is 4.17. The van der Waals surface area contributed by atoms with Gasteiger partial charge in [-0.1, -0.05) is 35.3 Å². The zero-order valence-corrected chi connectivity index (χ0v) is 12.8. The summed E-state index contributed by atoms with van der Waals surface area (Å²) in [5.41, 5.74) is 6.88. The molecule has 0 fully saturated rings. The maximum Gasteiger partial charge on any atom is 0.244 e. The number of anilines is 2. The molecule has 2 aromatic rings. The molecule has 1 unspecified atom stereocenters. The number of hydrogen-bond donors (Lipinski definition) is 2. The standard InChI is InChI=1S/C12H12Cl3N5/c1-6(5-13)17-12-18-11(16)10(19-20-12)7-3-2-4-8(14)9(7)15/h2-4,6H,5H2,1H3,(H3,16,17,18,20). The highest BCUT2D eigenvalue weighted by molar-refractivity contribution is 6.43. The molecular formula is C12H12Cl3N5. The van der Waals surface area contributed by atoms with Gasteiger partial charge in [0.1, 0.15) is 5.69 Å². The van der Waals surface area contributed by atoms with E-state index < -0.39 is 0 Å². The molecule has 5 nitrogen and oxygen atoms in total. The number of benzene rings is 1. The van der Waals surface area contributed by atoms with E-state index in [0.29, 0.717) is 33.1 Å². The smallest absolute Gasteiger partial charge is 0.244 e. The molecule has 0 aliphatic heterocycles. The fourth-order valence-electron chi connectivity index (χ4n) is 1.54. The van der Waals surface area contributed by atoms with Crippen LogP contribution in [0.25, 0.3) is 11.3 Å². The molecule has 0 spiro atoms. The number of nitrogens with one attached hydrogen (secondary N) is 1. The molecule has 1 aromatic carbocycles. The van der Waals surface area contributed by atoms with Crippen LogP contribution in [0.5, 0.6) is 0 Å². The van der Waals surface area contributed by atoms with E-state index in [-0.39, 0.29) is 11.9 Å². The van der Waals surface area contributed by atoms with E-state index in [2.05, 4.69) is 20.5 Å². The summed E-state index contributed by atoms with van der Waals surface area (Å²) in [5, 5.41) is 11.8. The van der Waals surface area contributed by atoms with E-state index in [4.69, 9.17) is 40.5 Å². The van der Waals surface area contributed by atoms with Crippen molar-refractivity contribution in [2.45, 2.75) is 13.0 Å². The second-order valence-corrected chi connectivity index (χ2v) is 5.26. The van der Waals surface area contributed by atoms with Gasteiger partial charge in [-0.2, -0.15) is 4.98 Å². The third-order valence-electron chi connectivity index (χ3n) is 2.53. The molecule has 3 N–H and O–H groups in total. The van der Waals surface area contributed by atoms with E-state index in [0.717, 1.165) is 0 Å². The number of alkyl halides is 1. The number of nitrogen functional groups attached to an aromatic ring is 1. The molecule has 1 atom stereocenters. The van der Waals surface area contributed by atoms with Crippen LogP contribution in [0.15, 0.2) is 18.2 Å². The second kappa shape index (κ2) is 6.43. The third kappa shape index (κ3) is 3.23. The Hall–Kier alpha value is -1.30. The van der Waals surface area contributed by atoms with E-state index >= 15 is 0 Å². The fourth-order valence-corrected chi connectivity index (χ4v) is 2.00. The van der Waals surface area contributed by atoms with Crippen molar-refractivity contribution >= 4 is 46.6 Å². The Balaban J connectivity index is 2.37. The number of aromatic nitrogens is 3. The van der Waals surface area contributed by atoms with Gasteiger partial charge in [-0.3, -0.25) is 0 Å². The first kappa shape index (κ1) is 15.1.